The van der Waals surface area contributed by atoms with Crippen LogP contribution >= 0.6 is 0 Å². The Morgan fingerprint density at radius 2 is 1.74 bits per heavy atom. The summed E-state index contributed by atoms with van der Waals surface area (Å²) in [6, 6.07) is 10.6. The minimum atomic E-state index is -4.57. The van der Waals surface area contributed by atoms with Gasteiger partial charge in [-0.3, -0.25) is 4.79 Å². The highest BCUT2D eigenvalue weighted by atomic mass is 19.4. The first-order valence-corrected chi connectivity index (χ1v) is 6.44. The maximum Gasteiger partial charge on any atom is 0.418 e. The second-order valence-electron chi connectivity index (χ2n) is 4.58. The van der Waals surface area contributed by atoms with Crippen molar-refractivity contribution in [3.63, 3.8) is 0 Å². The first kappa shape index (κ1) is 16.3. The van der Waals surface area contributed by atoms with Crippen LogP contribution in [-0.2, 0) is 6.18 Å². The van der Waals surface area contributed by atoms with Gasteiger partial charge in [0.15, 0.2) is 5.96 Å². The summed E-state index contributed by atoms with van der Waals surface area (Å²) in [6.07, 6.45) is -4.57. The molecular formula is C15H13F3N4O. The van der Waals surface area contributed by atoms with E-state index in [1.807, 2.05) is 0 Å². The predicted molar refractivity (Wildman–Crippen MR) is 81.3 cm³/mol. The second kappa shape index (κ2) is 6.39. The Kier molecular flexibility index (Phi) is 4.54. The highest BCUT2D eigenvalue weighted by molar-refractivity contribution is 6.05. The Labute approximate surface area is 129 Å². The number of anilines is 1. The van der Waals surface area contributed by atoms with Crippen molar-refractivity contribution in [3.8, 4) is 0 Å². The van der Waals surface area contributed by atoms with Crippen LogP contribution in [0.4, 0.5) is 24.5 Å². The molecular weight excluding hydrogens is 309 g/mol. The molecule has 1 amide bonds. The number of nitrogens with zero attached hydrogens (tertiary/aromatic N) is 1. The molecule has 0 radical (unpaired) electrons. The number of rotatable bonds is 3. The molecule has 0 aliphatic carbocycles. The lowest BCUT2D eigenvalue weighted by Gasteiger charge is -2.13. The average Bonchev–Trinajstić information content (AvgIpc) is 2.46. The van der Waals surface area contributed by atoms with Crippen molar-refractivity contribution >= 4 is 23.2 Å². The van der Waals surface area contributed by atoms with Gasteiger partial charge in [-0.2, -0.15) is 13.2 Å². The summed E-state index contributed by atoms with van der Waals surface area (Å²) in [7, 11) is 0. The fourth-order valence-electron chi connectivity index (χ4n) is 1.90. The smallest absolute Gasteiger partial charge is 0.370 e. The molecule has 0 fully saturated rings. The molecule has 8 heteroatoms. The monoisotopic (exact) mass is 322 g/mol. The number of carbonyl (C=O) groups excluding carboxylic acids is 1. The van der Waals surface area contributed by atoms with Gasteiger partial charge in [-0.25, -0.2) is 4.99 Å². The molecule has 0 aliphatic rings. The molecule has 23 heavy (non-hydrogen) atoms. The van der Waals surface area contributed by atoms with Gasteiger partial charge in [-0.15, -0.1) is 0 Å². The zero-order valence-electron chi connectivity index (χ0n) is 11.8. The minimum Gasteiger partial charge on any atom is -0.370 e. The van der Waals surface area contributed by atoms with Crippen LogP contribution in [0, 0.1) is 0 Å². The zero-order valence-corrected chi connectivity index (χ0v) is 11.8. The summed E-state index contributed by atoms with van der Waals surface area (Å²) >= 11 is 0. The van der Waals surface area contributed by atoms with E-state index in [2.05, 4.69) is 10.3 Å². The molecule has 0 heterocycles. The van der Waals surface area contributed by atoms with Gasteiger partial charge in [0.25, 0.3) is 5.91 Å². The SMILES string of the molecule is NC(N)=Nc1cccc(C(=O)Nc2ccccc2C(F)(F)F)c1. The summed E-state index contributed by atoms with van der Waals surface area (Å²) in [5, 5.41) is 2.24. The number of guanidine groups is 1. The van der Waals surface area contributed by atoms with Gasteiger partial charge in [0, 0.05) is 5.56 Å². The normalized spacial score (nSPS) is 10.9. The molecule has 2 aromatic carbocycles. The topological polar surface area (TPSA) is 93.5 Å². The van der Waals surface area contributed by atoms with Gasteiger partial charge in [-0.05, 0) is 30.3 Å². The van der Waals surface area contributed by atoms with Gasteiger partial charge in [0.2, 0.25) is 0 Å². The number of nitrogens with two attached hydrogens (primary N) is 2. The van der Waals surface area contributed by atoms with Crippen molar-refractivity contribution in [2.75, 3.05) is 5.32 Å². The third kappa shape index (κ3) is 4.22. The first-order valence-electron chi connectivity index (χ1n) is 6.44. The van der Waals surface area contributed by atoms with Crippen LogP contribution in [0.5, 0.6) is 0 Å². The van der Waals surface area contributed by atoms with E-state index < -0.39 is 17.6 Å². The van der Waals surface area contributed by atoms with Crippen LogP contribution in [0.3, 0.4) is 0 Å². The summed E-state index contributed by atoms with van der Waals surface area (Å²) in [6.45, 7) is 0. The number of hydrogen-bond donors (Lipinski definition) is 3. The van der Waals surface area contributed by atoms with E-state index in [4.69, 9.17) is 11.5 Å². The number of aliphatic imine (C=N–C) groups is 1. The fourth-order valence-corrected chi connectivity index (χ4v) is 1.90. The van der Waals surface area contributed by atoms with Crippen molar-refractivity contribution < 1.29 is 18.0 Å². The lowest BCUT2D eigenvalue weighted by atomic mass is 10.1. The van der Waals surface area contributed by atoms with E-state index in [0.717, 1.165) is 6.07 Å². The lowest BCUT2D eigenvalue weighted by molar-refractivity contribution is -0.136. The first-order chi connectivity index (χ1) is 10.8. The van der Waals surface area contributed by atoms with E-state index >= 15 is 0 Å². The standard InChI is InChI=1S/C15H13F3N4O/c16-15(17,18)11-6-1-2-7-12(11)22-13(23)9-4-3-5-10(8-9)21-14(19)20/h1-8H,(H,22,23)(H4,19,20,21). The lowest BCUT2D eigenvalue weighted by Crippen LogP contribution is -2.22. The Bertz CT molecular complexity index is 752. The molecule has 0 unspecified atom stereocenters. The van der Waals surface area contributed by atoms with Gasteiger partial charge >= 0.3 is 6.18 Å². The van der Waals surface area contributed by atoms with Gasteiger partial charge in [0.05, 0.1) is 16.9 Å². The Hall–Kier alpha value is -3.03. The van der Waals surface area contributed by atoms with E-state index in [0.29, 0.717) is 5.69 Å². The number of halogens is 3. The summed E-state index contributed by atoms with van der Waals surface area (Å²) in [5.74, 6) is -0.890. The molecule has 120 valence electrons. The molecule has 2 aromatic rings. The number of amides is 1. The summed E-state index contributed by atoms with van der Waals surface area (Å²) in [4.78, 5) is 15.9. The Balaban J connectivity index is 2.29. The number of para-hydroxylation sites is 1. The predicted octanol–water partition coefficient (Wildman–Crippen LogP) is 2.86. The average molecular weight is 322 g/mol. The quantitative estimate of drug-likeness (QED) is 0.599. The molecule has 5 N–H and O–H groups in total. The van der Waals surface area contributed by atoms with E-state index in [1.54, 1.807) is 6.07 Å². The highest BCUT2D eigenvalue weighted by Crippen LogP contribution is 2.34. The summed E-state index contributed by atoms with van der Waals surface area (Å²) < 4.78 is 38.7. The maximum atomic E-state index is 12.9. The Morgan fingerprint density at radius 3 is 2.39 bits per heavy atom. The molecule has 0 spiro atoms. The van der Waals surface area contributed by atoms with Crippen LogP contribution in [-0.4, -0.2) is 11.9 Å². The van der Waals surface area contributed by atoms with Crippen LogP contribution in [0.1, 0.15) is 15.9 Å². The van der Waals surface area contributed by atoms with Crippen molar-refractivity contribution in [2.24, 2.45) is 16.5 Å². The largest absolute Gasteiger partial charge is 0.418 e. The third-order valence-corrected chi connectivity index (χ3v) is 2.85. The number of hydrogen-bond acceptors (Lipinski definition) is 2. The van der Waals surface area contributed by atoms with Crippen molar-refractivity contribution in [2.45, 2.75) is 6.18 Å². The molecule has 0 saturated heterocycles. The minimum absolute atomic E-state index is 0.129. The van der Waals surface area contributed by atoms with Crippen LogP contribution < -0.4 is 16.8 Å². The van der Waals surface area contributed by atoms with E-state index in [-0.39, 0.29) is 17.2 Å². The van der Waals surface area contributed by atoms with E-state index in [1.165, 1.54) is 36.4 Å². The van der Waals surface area contributed by atoms with Gasteiger partial charge in [0.1, 0.15) is 0 Å². The molecule has 0 atom stereocenters. The molecule has 5 nitrogen and oxygen atoms in total. The van der Waals surface area contributed by atoms with E-state index in [9.17, 15) is 18.0 Å². The molecule has 0 saturated carbocycles. The van der Waals surface area contributed by atoms with Gasteiger partial charge < -0.3 is 16.8 Å². The van der Waals surface area contributed by atoms with Crippen molar-refractivity contribution in [3.05, 3.63) is 59.7 Å². The second-order valence-corrected chi connectivity index (χ2v) is 4.58. The third-order valence-electron chi connectivity index (χ3n) is 2.85. The van der Waals surface area contributed by atoms with Crippen LogP contribution in [0.25, 0.3) is 0 Å². The van der Waals surface area contributed by atoms with Gasteiger partial charge in [-0.1, -0.05) is 18.2 Å². The maximum absolute atomic E-state index is 12.9. The number of nitrogens with one attached hydrogen (secondary N) is 1. The molecule has 0 aliphatic heterocycles. The molecule has 0 bridgehead atoms. The number of carbonyl (C=O) groups is 1. The number of benzene rings is 2. The van der Waals surface area contributed by atoms with Crippen molar-refractivity contribution in [1.82, 2.24) is 0 Å². The Morgan fingerprint density at radius 1 is 1.04 bits per heavy atom. The molecule has 2 rings (SSSR count). The highest BCUT2D eigenvalue weighted by Gasteiger charge is 2.33. The van der Waals surface area contributed by atoms with Crippen LogP contribution in [0.2, 0.25) is 0 Å². The van der Waals surface area contributed by atoms with Crippen LogP contribution in [0.15, 0.2) is 53.5 Å². The number of alkyl halides is 3. The summed E-state index contributed by atoms with van der Waals surface area (Å²) in [5.41, 5.74) is 9.69. The molecule has 0 aromatic heterocycles. The van der Waals surface area contributed by atoms with Crippen molar-refractivity contribution in [1.29, 1.82) is 0 Å². The fraction of sp³-hybridized carbons (Fsp3) is 0.0667. The zero-order chi connectivity index (χ0) is 17.0.